The molecule has 230 valence electrons. The van der Waals surface area contributed by atoms with Gasteiger partial charge in [0.2, 0.25) is 0 Å². The Morgan fingerprint density at radius 3 is 2.41 bits per heavy atom. The van der Waals surface area contributed by atoms with Crippen molar-refractivity contribution in [3.63, 3.8) is 0 Å². The summed E-state index contributed by atoms with van der Waals surface area (Å²) in [6, 6.07) is 23.4. The van der Waals surface area contributed by atoms with Crippen LogP contribution in [0.3, 0.4) is 0 Å². The number of nitrogens with zero attached hydrogens (tertiary/aromatic N) is 2. The number of carbonyl (C=O) groups excluding carboxylic acids is 2. The summed E-state index contributed by atoms with van der Waals surface area (Å²) in [6.45, 7) is 3.49. The zero-order valence-corrected chi connectivity index (χ0v) is 25.8. The average Bonchev–Trinajstić information content (AvgIpc) is 3.35. The van der Waals surface area contributed by atoms with Crippen molar-refractivity contribution in [3.8, 4) is 11.1 Å². The molecule has 0 radical (unpaired) electrons. The minimum absolute atomic E-state index is 0.0324. The van der Waals surface area contributed by atoms with Gasteiger partial charge in [-0.25, -0.2) is 4.98 Å². The van der Waals surface area contributed by atoms with E-state index in [2.05, 4.69) is 10.3 Å². The Morgan fingerprint density at radius 1 is 1.05 bits per heavy atom. The molecule has 1 aliphatic heterocycles. The van der Waals surface area contributed by atoms with E-state index in [0.717, 1.165) is 33.4 Å². The van der Waals surface area contributed by atoms with Crippen LogP contribution in [0.15, 0.2) is 79.1 Å². The lowest BCUT2D eigenvalue weighted by Crippen LogP contribution is -2.35. The summed E-state index contributed by atoms with van der Waals surface area (Å²) in [7, 11) is 0. The highest BCUT2D eigenvalue weighted by Gasteiger charge is 2.33. The van der Waals surface area contributed by atoms with Crippen LogP contribution in [-0.4, -0.2) is 38.7 Å². The van der Waals surface area contributed by atoms with Gasteiger partial charge in [0.1, 0.15) is 5.15 Å². The summed E-state index contributed by atoms with van der Waals surface area (Å²) in [5, 5.41) is 12.9. The van der Waals surface area contributed by atoms with Gasteiger partial charge < -0.3 is 29.2 Å². The largest absolute Gasteiger partial charge is 0.453 e. The number of carbonyl (C=O) groups is 2. The van der Waals surface area contributed by atoms with Crippen LogP contribution in [0.1, 0.15) is 54.9 Å². The molecule has 2 heterocycles. The van der Waals surface area contributed by atoms with E-state index in [1.807, 2.05) is 72.8 Å². The number of hydrogen-bond acceptors (Lipinski definition) is 7. The summed E-state index contributed by atoms with van der Waals surface area (Å²) >= 11 is 12.4. The molecule has 1 amide bonds. The van der Waals surface area contributed by atoms with Crippen molar-refractivity contribution in [1.82, 2.24) is 14.9 Å². The van der Waals surface area contributed by atoms with Gasteiger partial charge in [-0.3, -0.25) is 9.59 Å². The third kappa shape index (κ3) is 7.67. The van der Waals surface area contributed by atoms with Crippen LogP contribution in [0.4, 0.5) is 0 Å². The molecule has 1 aromatic heterocycles. The van der Waals surface area contributed by atoms with Crippen LogP contribution >= 0.6 is 23.2 Å². The van der Waals surface area contributed by atoms with E-state index in [0.29, 0.717) is 18.1 Å². The van der Waals surface area contributed by atoms with E-state index in [9.17, 15) is 14.7 Å². The third-order valence-corrected chi connectivity index (χ3v) is 8.19. The monoisotopic (exact) mass is 637 g/mol. The summed E-state index contributed by atoms with van der Waals surface area (Å²) in [5.41, 5.74) is 5.46. The second kappa shape index (κ2) is 14.4. The fourth-order valence-electron chi connectivity index (χ4n) is 5.13. The molecule has 1 aliphatic rings. The Kier molecular flexibility index (Phi) is 10.3. The molecular weight excluding hydrogens is 605 g/mol. The molecule has 2 N–H and O–H groups in total. The van der Waals surface area contributed by atoms with Crippen molar-refractivity contribution in [2.45, 2.75) is 64.6 Å². The van der Waals surface area contributed by atoms with Crippen LogP contribution in [0.2, 0.25) is 10.3 Å². The number of aliphatic hydroxyl groups is 1. The zero-order valence-electron chi connectivity index (χ0n) is 24.3. The summed E-state index contributed by atoms with van der Waals surface area (Å²) in [6.07, 6.45) is 0.126. The molecule has 0 bridgehead atoms. The highest BCUT2D eigenvalue weighted by atomic mass is 35.5. The quantitative estimate of drug-likeness (QED) is 0.200. The number of amides is 1. The Bertz CT molecular complexity index is 1590. The maximum atomic E-state index is 12.4. The standard InChI is InChI=1S/C33H33Cl2N3O6/c1-20(42-21(2)40)32(41)36-16-26-5-3-4-6-28(26)23-11-13-25(14-12-23)33-43-27(17-38-19-37-30(34)31(38)35)15-29(44-33)24-9-7-22(18-39)8-10-24/h3-14,19-20,27,29,33,39H,15-18H2,1-2H3,(H,36,41)/t20-,27+,29-,33-/m0/s1. The molecule has 11 heteroatoms. The van der Waals surface area contributed by atoms with Crippen molar-refractivity contribution in [3.05, 3.63) is 112 Å². The topological polar surface area (TPSA) is 112 Å². The third-order valence-electron chi connectivity index (χ3n) is 7.42. The average molecular weight is 639 g/mol. The number of rotatable bonds is 10. The predicted molar refractivity (Wildman–Crippen MR) is 166 cm³/mol. The van der Waals surface area contributed by atoms with E-state index in [-0.39, 0.29) is 36.4 Å². The zero-order chi connectivity index (χ0) is 31.2. The number of aromatic nitrogens is 2. The van der Waals surface area contributed by atoms with E-state index in [1.54, 1.807) is 10.9 Å². The van der Waals surface area contributed by atoms with Gasteiger partial charge in [-0.1, -0.05) is 96.0 Å². The molecule has 5 rings (SSSR count). The molecule has 0 saturated carbocycles. The molecule has 0 spiro atoms. The van der Waals surface area contributed by atoms with Gasteiger partial charge >= 0.3 is 5.97 Å². The Hall–Kier alpha value is -3.73. The fraction of sp³-hybridized carbons (Fsp3) is 0.303. The molecule has 4 atom stereocenters. The van der Waals surface area contributed by atoms with Crippen LogP contribution in [-0.2, 0) is 43.5 Å². The smallest absolute Gasteiger partial charge is 0.303 e. The van der Waals surface area contributed by atoms with Crippen molar-refractivity contribution in [1.29, 1.82) is 0 Å². The Morgan fingerprint density at radius 2 is 1.75 bits per heavy atom. The van der Waals surface area contributed by atoms with Gasteiger partial charge in [-0.15, -0.1) is 0 Å². The first kappa shape index (κ1) is 31.7. The van der Waals surface area contributed by atoms with Crippen molar-refractivity contribution >= 4 is 35.1 Å². The second-order valence-electron chi connectivity index (χ2n) is 10.6. The number of benzene rings is 3. The molecule has 4 aromatic rings. The van der Waals surface area contributed by atoms with Gasteiger partial charge in [0.25, 0.3) is 5.91 Å². The van der Waals surface area contributed by atoms with Crippen LogP contribution in [0.5, 0.6) is 0 Å². The second-order valence-corrected chi connectivity index (χ2v) is 11.3. The molecule has 1 fully saturated rings. The number of halogens is 2. The highest BCUT2D eigenvalue weighted by molar-refractivity contribution is 6.40. The van der Waals surface area contributed by atoms with Gasteiger partial charge in [0.15, 0.2) is 17.5 Å². The van der Waals surface area contributed by atoms with Gasteiger partial charge in [-0.2, -0.15) is 0 Å². The number of aliphatic hydroxyl groups excluding tert-OH is 1. The summed E-state index contributed by atoms with van der Waals surface area (Å²) < 4.78 is 19.6. The molecule has 0 unspecified atom stereocenters. The molecule has 9 nitrogen and oxygen atoms in total. The number of hydrogen-bond donors (Lipinski definition) is 2. The first-order chi connectivity index (χ1) is 21.2. The highest BCUT2D eigenvalue weighted by Crippen LogP contribution is 2.39. The lowest BCUT2D eigenvalue weighted by atomic mass is 9.97. The maximum absolute atomic E-state index is 12.4. The summed E-state index contributed by atoms with van der Waals surface area (Å²) in [4.78, 5) is 27.7. The van der Waals surface area contributed by atoms with E-state index >= 15 is 0 Å². The lowest BCUT2D eigenvalue weighted by molar-refractivity contribution is -0.252. The predicted octanol–water partition coefficient (Wildman–Crippen LogP) is 6.16. The van der Waals surface area contributed by atoms with E-state index in [4.69, 9.17) is 37.4 Å². The van der Waals surface area contributed by atoms with Gasteiger partial charge in [0.05, 0.1) is 31.7 Å². The number of ether oxygens (including phenoxy) is 3. The normalized spacial score (nSPS) is 18.9. The first-order valence-electron chi connectivity index (χ1n) is 14.2. The Labute approximate surface area is 265 Å². The minimum Gasteiger partial charge on any atom is -0.453 e. The molecular formula is C33H33Cl2N3O6. The van der Waals surface area contributed by atoms with Crippen molar-refractivity contribution in [2.75, 3.05) is 0 Å². The van der Waals surface area contributed by atoms with Gasteiger partial charge in [0, 0.05) is 25.5 Å². The van der Waals surface area contributed by atoms with E-state index in [1.165, 1.54) is 13.8 Å². The molecule has 1 saturated heterocycles. The lowest BCUT2D eigenvalue weighted by Gasteiger charge is -2.36. The van der Waals surface area contributed by atoms with Crippen molar-refractivity contribution in [2.24, 2.45) is 0 Å². The molecule has 44 heavy (non-hydrogen) atoms. The fourth-order valence-corrected chi connectivity index (χ4v) is 5.44. The number of esters is 1. The van der Waals surface area contributed by atoms with E-state index < -0.39 is 18.4 Å². The van der Waals surface area contributed by atoms with Crippen LogP contribution in [0.25, 0.3) is 11.1 Å². The van der Waals surface area contributed by atoms with Gasteiger partial charge in [-0.05, 0) is 34.7 Å². The van der Waals surface area contributed by atoms with Crippen molar-refractivity contribution < 1.29 is 28.9 Å². The molecule has 0 aliphatic carbocycles. The first-order valence-corrected chi connectivity index (χ1v) is 15.0. The number of nitrogens with one attached hydrogen (secondary N) is 1. The number of imidazole rings is 1. The maximum Gasteiger partial charge on any atom is 0.303 e. The summed E-state index contributed by atoms with van der Waals surface area (Å²) in [5.74, 6) is -0.877. The molecule has 3 aromatic carbocycles. The van der Waals surface area contributed by atoms with Crippen LogP contribution in [0, 0.1) is 0 Å². The SMILES string of the molecule is CC(=O)O[C@@H](C)C(=O)NCc1ccccc1-c1ccc([C@H]2O[C@@H](Cn3cnc(Cl)c3Cl)C[C@@H](c3ccc(CO)cc3)O2)cc1. The minimum atomic E-state index is -0.878. The Balaban J connectivity index is 1.34. The van der Waals surface area contributed by atoms with Crippen LogP contribution < -0.4 is 5.32 Å².